The Hall–Kier alpha value is -2.30. The van der Waals surface area contributed by atoms with E-state index in [9.17, 15) is 0 Å². The number of nitrogen functional groups attached to an aromatic ring is 1. The Labute approximate surface area is 112 Å². The van der Waals surface area contributed by atoms with Crippen LogP contribution in [0.5, 0.6) is 5.75 Å². The van der Waals surface area contributed by atoms with E-state index in [-0.39, 0.29) is 0 Å². The molecule has 5 heteroatoms. The average molecular weight is 258 g/mol. The fourth-order valence-electron chi connectivity index (χ4n) is 1.86. The lowest BCUT2D eigenvalue weighted by molar-refractivity contribution is 0.412. The summed E-state index contributed by atoms with van der Waals surface area (Å²) in [5.74, 6) is 2.74. The van der Waals surface area contributed by atoms with E-state index in [0.717, 1.165) is 28.4 Å². The number of aryl methyl sites for hydroxylation is 2. The van der Waals surface area contributed by atoms with Crippen LogP contribution in [-0.4, -0.2) is 17.1 Å². The van der Waals surface area contributed by atoms with E-state index in [1.165, 1.54) is 0 Å². The van der Waals surface area contributed by atoms with Crippen molar-refractivity contribution < 1.29 is 4.74 Å². The first-order valence-electron chi connectivity index (χ1n) is 6.03. The Morgan fingerprint density at radius 1 is 1.16 bits per heavy atom. The number of hydrogen-bond acceptors (Lipinski definition) is 5. The minimum absolute atomic E-state index is 0.500. The van der Waals surface area contributed by atoms with Gasteiger partial charge in [0.05, 0.1) is 7.11 Å². The van der Waals surface area contributed by atoms with Gasteiger partial charge in [-0.2, -0.15) is 0 Å². The van der Waals surface area contributed by atoms with E-state index in [2.05, 4.69) is 15.3 Å². The molecule has 2 aromatic rings. The first-order valence-corrected chi connectivity index (χ1v) is 6.03. The van der Waals surface area contributed by atoms with Gasteiger partial charge >= 0.3 is 0 Å². The number of nitrogens with one attached hydrogen (secondary N) is 1. The molecule has 3 N–H and O–H groups in total. The van der Waals surface area contributed by atoms with Crippen LogP contribution in [0.3, 0.4) is 0 Å². The van der Waals surface area contributed by atoms with Crippen LogP contribution in [0.1, 0.15) is 17.0 Å². The first kappa shape index (κ1) is 13.1. The highest BCUT2D eigenvalue weighted by Gasteiger charge is 2.07. The van der Waals surface area contributed by atoms with E-state index in [1.807, 2.05) is 39.0 Å². The maximum atomic E-state index is 5.84. The molecule has 0 aliphatic heterocycles. The van der Waals surface area contributed by atoms with Gasteiger partial charge in [-0.15, -0.1) is 0 Å². The average Bonchev–Trinajstić information content (AvgIpc) is 2.35. The third kappa shape index (κ3) is 2.76. The molecule has 19 heavy (non-hydrogen) atoms. The Kier molecular flexibility index (Phi) is 3.55. The van der Waals surface area contributed by atoms with E-state index >= 15 is 0 Å². The van der Waals surface area contributed by atoms with Crippen molar-refractivity contribution in [3.05, 3.63) is 35.2 Å². The molecule has 1 aromatic carbocycles. The summed E-state index contributed by atoms with van der Waals surface area (Å²) >= 11 is 0. The zero-order valence-corrected chi connectivity index (χ0v) is 11.6. The summed E-state index contributed by atoms with van der Waals surface area (Å²) < 4.78 is 5.24. The van der Waals surface area contributed by atoms with Gasteiger partial charge in [-0.25, -0.2) is 9.97 Å². The molecule has 0 amide bonds. The standard InChI is InChI=1S/C14H18N4O/c1-8-7-11(5-6-12(8)19-4)18-14-9(2)13(15)16-10(3)17-14/h5-7H,1-4H3,(H3,15,16,17,18). The minimum atomic E-state index is 0.500. The van der Waals surface area contributed by atoms with Crippen LogP contribution in [-0.2, 0) is 0 Å². The molecule has 0 spiro atoms. The third-order valence-electron chi connectivity index (χ3n) is 2.95. The van der Waals surface area contributed by atoms with Crippen molar-refractivity contribution >= 4 is 17.3 Å². The largest absolute Gasteiger partial charge is 0.496 e. The van der Waals surface area contributed by atoms with Crippen molar-refractivity contribution in [1.29, 1.82) is 0 Å². The monoisotopic (exact) mass is 258 g/mol. The van der Waals surface area contributed by atoms with Crippen LogP contribution >= 0.6 is 0 Å². The molecule has 0 saturated heterocycles. The third-order valence-corrected chi connectivity index (χ3v) is 2.95. The fourth-order valence-corrected chi connectivity index (χ4v) is 1.86. The molecular formula is C14H18N4O. The van der Waals surface area contributed by atoms with Crippen molar-refractivity contribution in [2.24, 2.45) is 0 Å². The molecule has 0 radical (unpaired) electrons. The summed E-state index contributed by atoms with van der Waals surface area (Å²) in [4.78, 5) is 8.49. The molecule has 0 saturated carbocycles. The summed E-state index contributed by atoms with van der Waals surface area (Å²) in [5, 5.41) is 3.26. The first-order chi connectivity index (χ1) is 9.01. The molecule has 100 valence electrons. The van der Waals surface area contributed by atoms with Gasteiger partial charge < -0.3 is 15.8 Å². The van der Waals surface area contributed by atoms with Crippen molar-refractivity contribution in [1.82, 2.24) is 9.97 Å². The summed E-state index contributed by atoms with van der Waals surface area (Å²) in [7, 11) is 1.66. The Morgan fingerprint density at radius 2 is 1.89 bits per heavy atom. The van der Waals surface area contributed by atoms with Crippen molar-refractivity contribution in [2.75, 3.05) is 18.2 Å². The Morgan fingerprint density at radius 3 is 2.53 bits per heavy atom. The number of rotatable bonds is 3. The summed E-state index contributed by atoms with van der Waals surface area (Å²) in [6.07, 6.45) is 0. The predicted octanol–water partition coefficient (Wildman–Crippen LogP) is 2.74. The smallest absolute Gasteiger partial charge is 0.139 e. The molecule has 1 heterocycles. The van der Waals surface area contributed by atoms with Crippen LogP contribution in [0.4, 0.5) is 17.3 Å². The van der Waals surface area contributed by atoms with Gasteiger partial charge in [0.15, 0.2) is 0 Å². The van der Waals surface area contributed by atoms with Crippen LogP contribution in [0, 0.1) is 20.8 Å². The van der Waals surface area contributed by atoms with Gasteiger partial charge in [0.1, 0.15) is 23.2 Å². The highest BCUT2D eigenvalue weighted by molar-refractivity contribution is 5.65. The normalized spacial score (nSPS) is 10.3. The second kappa shape index (κ2) is 5.14. The van der Waals surface area contributed by atoms with Crippen LogP contribution in [0.25, 0.3) is 0 Å². The summed E-state index contributed by atoms with van der Waals surface area (Å²) in [6.45, 7) is 5.71. The lowest BCUT2D eigenvalue weighted by atomic mass is 10.2. The molecule has 5 nitrogen and oxygen atoms in total. The minimum Gasteiger partial charge on any atom is -0.496 e. The molecule has 2 rings (SSSR count). The zero-order chi connectivity index (χ0) is 14.0. The Balaban J connectivity index is 2.33. The second-order valence-electron chi connectivity index (χ2n) is 4.44. The second-order valence-corrected chi connectivity index (χ2v) is 4.44. The number of anilines is 3. The number of nitrogens with two attached hydrogens (primary N) is 1. The zero-order valence-electron chi connectivity index (χ0n) is 11.6. The lowest BCUT2D eigenvalue weighted by Crippen LogP contribution is -2.05. The molecular weight excluding hydrogens is 240 g/mol. The molecule has 1 aromatic heterocycles. The molecule has 0 aliphatic carbocycles. The highest BCUT2D eigenvalue weighted by Crippen LogP contribution is 2.25. The van der Waals surface area contributed by atoms with Crippen molar-refractivity contribution in [3.8, 4) is 5.75 Å². The predicted molar refractivity (Wildman–Crippen MR) is 76.9 cm³/mol. The van der Waals surface area contributed by atoms with Gasteiger partial charge in [0.25, 0.3) is 0 Å². The van der Waals surface area contributed by atoms with Gasteiger partial charge in [-0.05, 0) is 44.5 Å². The summed E-state index contributed by atoms with van der Waals surface area (Å²) in [6, 6.07) is 5.87. The number of hydrogen-bond donors (Lipinski definition) is 2. The quantitative estimate of drug-likeness (QED) is 0.885. The maximum absolute atomic E-state index is 5.84. The number of methoxy groups -OCH3 is 1. The van der Waals surface area contributed by atoms with Crippen LogP contribution < -0.4 is 15.8 Å². The molecule has 0 unspecified atom stereocenters. The van der Waals surface area contributed by atoms with Crippen molar-refractivity contribution in [2.45, 2.75) is 20.8 Å². The van der Waals surface area contributed by atoms with Gasteiger partial charge in [-0.1, -0.05) is 0 Å². The SMILES string of the molecule is COc1ccc(Nc2nc(C)nc(N)c2C)cc1C. The van der Waals surface area contributed by atoms with E-state index in [0.29, 0.717) is 11.6 Å². The fraction of sp³-hybridized carbons (Fsp3) is 0.286. The molecule has 0 bridgehead atoms. The number of nitrogens with zero attached hydrogens (tertiary/aromatic N) is 2. The van der Waals surface area contributed by atoms with Gasteiger partial charge in [-0.3, -0.25) is 0 Å². The summed E-state index contributed by atoms with van der Waals surface area (Å²) in [5.41, 5.74) is 8.69. The van der Waals surface area contributed by atoms with Crippen LogP contribution in [0.15, 0.2) is 18.2 Å². The number of benzene rings is 1. The van der Waals surface area contributed by atoms with Gasteiger partial charge in [0, 0.05) is 11.3 Å². The van der Waals surface area contributed by atoms with E-state index < -0.39 is 0 Å². The molecule has 0 aliphatic rings. The molecule has 0 atom stereocenters. The van der Waals surface area contributed by atoms with Gasteiger partial charge in [0.2, 0.25) is 0 Å². The van der Waals surface area contributed by atoms with Crippen LogP contribution in [0.2, 0.25) is 0 Å². The molecule has 0 fully saturated rings. The van der Waals surface area contributed by atoms with E-state index in [1.54, 1.807) is 7.11 Å². The number of ether oxygens (including phenoxy) is 1. The van der Waals surface area contributed by atoms with Crippen molar-refractivity contribution in [3.63, 3.8) is 0 Å². The lowest BCUT2D eigenvalue weighted by Gasteiger charge is -2.12. The van der Waals surface area contributed by atoms with E-state index in [4.69, 9.17) is 10.5 Å². The Bertz CT molecular complexity index is 611. The topological polar surface area (TPSA) is 73.1 Å². The highest BCUT2D eigenvalue weighted by atomic mass is 16.5. The maximum Gasteiger partial charge on any atom is 0.139 e. The number of aromatic nitrogens is 2.